The van der Waals surface area contributed by atoms with Gasteiger partial charge in [0, 0.05) is 12.1 Å². The van der Waals surface area contributed by atoms with E-state index in [4.69, 9.17) is 0 Å². The highest BCUT2D eigenvalue weighted by atomic mass is 32.2. The zero-order valence-electron chi connectivity index (χ0n) is 14.5. The van der Waals surface area contributed by atoms with E-state index in [1.165, 1.54) is 0 Å². The summed E-state index contributed by atoms with van der Waals surface area (Å²) in [6.07, 6.45) is 0. The maximum Gasteiger partial charge on any atom is 0.241 e. The van der Waals surface area contributed by atoms with Gasteiger partial charge in [-0.05, 0) is 44.5 Å². The molecule has 0 spiro atoms. The number of rotatable bonds is 5. The first-order valence-corrected chi connectivity index (χ1v) is 9.53. The second kappa shape index (κ2) is 6.50. The van der Waals surface area contributed by atoms with Gasteiger partial charge in [-0.15, -0.1) is 0 Å². The number of hydrogen-bond acceptors (Lipinski definition) is 4. The summed E-state index contributed by atoms with van der Waals surface area (Å²) in [4.78, 5) is 7.89. The number of benzene rings is 2. The molecule has 3 N–H and O–H groups in total. The van der Waals surface area contributed by atoms with Crippen LogP contribution in [-0.4, -0.2) is 23.9 Å². The van der Waals surface area contributed by atoms with Crippen molar-refractivity contribution in [2.45, 2.75) is 37.8 Å². The molecule has 132 valence electrons. The lowest BCUT2D eigenvalue weighted by atomic mass is 10.1. The number of nitrogens with zero attached hydrogens (tertiary/aromatic N) is 1. The molecule has 0 saturated heterocycles. The van der Waals surface area contributed by atoms with Crippen LogP contribution < -0.4 is 10.0 Å². The Morgan fingerprint density at radius 2 is 1.72 bits per heavy atom. The molecule has 1 heterocycles. The van der Waals surface area contributed by atoms with E-state index in [9.17, 15) is 8.42 Å². The van der Waals surface area contributed by atoms with Gasteiger partial charge in [-0.2, -0.15) is 0 Å². The van der Waals surface area contributed by atoms with E-state index in [0.717, 1.165) is 11.0 Å². The molecule has 7 heteroatoms. The van der Waals surface area contributed by atoms with E-state index in [0.29, 0.717) is 18.1 Å². The van der Waals surface area contributed by atoms with Crippen molar-refractivity contribution >= 4 is 27.0 Å². The molecule has 0 saturated carbocycles. The van der Waals surface area contributed by atoms with Gasteiger partial charge >= 0.3 is 0 Å². The van der Waals surface area contributed by atoms with Crippen LogP contribution in [0.25, 0.3) is 11.0 Å². The van der Waals surface area contributed by atoms with Crippen molar-refractivity contribution in [2.24, 2.45) is 0 Å². The molecular weight excluding hydrogens is 336 g/mol. The predicted octanol–water partition coefficient (Wildman–Crippen LogP) is 3.25. The van der Waals surface area contributed by atoms with Gasteiger partial charge in [0.15, 0.2) is 0 Å². The molecule has 0 aliphatic heterocycles. The molecule has 1 aromatic heterocycles. The van der Waals surface area contributed by atoms with Crippen molar-refractivity contribution in [3.63, 3.8) is 0 Å². The largest absolute Gasteiger partial charge is 0.352 e. The fraction of sp³-hybridized carbons (Fsp3) is 0.278. The van der Waals surface area contributed by atoms with Gasteiger partial charge in [0.1, 0.15) is 0 Å². The molecule has 0 fully saturated rings. The number of aromatic amines is 1. The number of aromatic nitrogens is 2. The number of fused-ring (bicyclic) bond motifs is 1. The maximum absolute atomic E-state index is 12.7. The number of imidazole rings is 1. The summed E-state index contributed by atoms with van der Waals surface area (Å²) < 4.78 is 28.0. The fourth-order valence-corrected chi connectivity index (χ4v) is 4.24. The number of hydrogen-bond donors (Lipinski definition) is 3. The highest BCUT2D eigenvalue weighted by Gasteiger charge is 2.24. The average Bonchev–Trinajstić information content (AvgIpc) is 2.94. The smallest absolute Gasteiger partial charge is 0.241 e. The Kier molecular flexibility index (Phi) is 4.53. The van der Waals surface area contributed by atoms with Gasteiger partial charge in [-0.3, -0.25) is 0 Å². The lowest BCUT2D eigenvalue weighted by Gasteiger charge is -2.21. The van der Waals surface area contributed by atoms with Crippen molar-refractivity contribution in [1.29, 1.82) is 0 Å². The second-order valence-electron chi connectivity index (χ2n) is 6.92. The van der Waals surface area contributed by atoms with Gasteiger partial charge in [0.25, 0.3) is 0 Å². The van der Waals surface area contributed by atoms with Crippen LogP contribution in [0.2, 0.25) is 0 Å². The molecule has 3 rings (SSSR count). The van der Waals surface area contributed by atoms with Crippen LogP contribution in [0.5, 0.6) is 0 Å². The molecule has 0 aliphatic carbocycles. The fourth-order valence-electron chi connectivity index (χ4n) is 2.59. The van der Waals surface area contributed by atoms with Crippen LogP contribution >= 0.6 is 0 Å². The summed E-state index contributed by atoms with van der Waals surface area (Å²) in [6.45, 7) is 5.81. The standard InChI is InChI=1S/C18H22N4O2S/c1-18(2,3)22-25(23,24)16-11-7-4-8-13(16)12-19-17-20-14-9-5-6-10-15(14)21-17/h4-11,22H,12H2,1-3H3,(H2,19,20,21). The van der Waals surface area contributed by atoms with E-state index in [-0.39, 0.29) is 4.90 Å². The summed E-state index contributed by atoms with van der Waals surface area (Å²) in [6, 6.07) is 14.7. The highest BCUT2D eigenvalue weighted by Crippen LogP contribution is 2.19. The molecule has 0 unspecified atom stereocenters. The lowest BCUT2D eigenvalue weighted by Crippen LogP contribution is -2.40. The summed E-state index contributed by atoms with van der Waals surface area (Å²) in [5.74, 6) is 0.609. The van der Waals surface area contributed by atoms with Crippen LogP contribution in [0, 0.1) is 0 Å². The molecule has 6 nitrogen and oxygen atoms in total. The average molecular weight is 358 g/mol. The number of H-pyrrole nitrogens is 1. The topological polar surface area (TPSA) is 86.9 Å². The Labute approximate surface area is 147 Å². The van der Waals surface area contributed by atoms with Gasteiger partial charge in [0.05, 0.1) is 15.9 Å². The quantitative estimate of drug-likeness (QED) is 0.653. The third-order valence-corrected chi connectivity index (χ3v) is 5.40. The molecule has 0 atom stereocenters. The van der Waals surface area contributed by atoms with Crippen molar-refractivity contribution in [3.8, 4) is 0 Å². The predicted molar refractivity (Wildman–Crippen MR) is 99.9 cm³/mol. The van der Waals surface area contributed by atoms with E-state index in [2.05, 4.69) is 20.0 Å². The van der Waals surface area contributed by atoms with Crippen molar-refractivity contribution < 1.29 is 8.42 Å². The Bertz CT molecular complexity index is 954. The van der Waals surface area contributed by atoms with Crippen LogP contribution in [-0.2, 0) is 16.6 Å². The number of anilines is 1. The monoisotopic (exact) mass is 358 g/mol. The van der Waals surface area contributed by atoms with Gasteiger partial charge in [-0.25, -0.2) is 18.1 Å². The van der Waals surface area contributed by atoms with E-state index < -0.39 is 15.6 Å². The maximum atomic E-state index is 12.7. The second-order valence-corrected chi connectivity index (χ2v) is 8.57. The van der Waals surface area contributed by atoms with Crippen molar-refractivity contribution in [2.75, 3.05) is 5.32 Å². The summed E-state index contributed by atoms with van der Waals surface area (Å²) in [5, 5.41) is 3.17. The van der Waals surface area contributed by atoms with Gasteiger partial charge < -0.3 is 10.3 Å². The highest BCUT2D eigenvalue weighted by molar-refractivity contribution is 7.89. The Balaban J connectivity index is 1.83. The Morgan fingerprint density at radius 1 is 1.04 bits per heavy atom. The Hall–Kier alpha value is -2.38. The minimum Gasteiger partial charge on any atom is -0.352 e. The van der Waals surface area contributed by atoms with Crippen molar-refractivity contribution in [3.05, 3.63) is 54.1 Å². The van der Waals surface area contributed by atoms with E-state index in [1.807, 2.05) is 51.1 Å². The molecule has 0 amide bonds. The number of nitrogens with one attached hydrogen (secondary N) is 3. The van der Waals surface area contributed by atoms with Gasteiger partial charge in [-0.1, -0.05) is 30.3 Å². The molecule has 2 aromatic carbocycles. The third kappa shape index (κ3) is 4.18. The van der Waals surface area contributed by atoms with Crippen LogP contribution in [0.4, 0.5) is 5.95 Å². The zero-order chi connectivity index (χ0) is 18.1. The molecule has 0 bridgehead atoms. The molecule has 0 aliphatic rings. The number of para-hydroxylation sites is 2. The molecular formula is C18H22N4O2S. The molecule has 0 radical (unpaired) electrons. The summed E-state index contributed by atoms with van der Waals surface area (Å²) in [7, 11) is -3.60. The summed E-state index contributed by atoms with van der Waals surface area (Å²) >= 11 is 0. The first-order chi connectivity index (χ1) is 11.7. The van der Waals surface area contributed by atoms with E-state index >= 15 is 0 Å². The van der Waals surface area contributed by atoms with Crippen LogP contribution in [0.15, 0.2) is 53.4 Å². The minimum atomic E-state index is -3.60. The number of sulfonamides is 1. The van der Waals surface area contributed by atoms with Crippen LogP contribution in [0.1, 0.15) is 26.3 Å². The first kappa shape index (κ1) is 17.4. The summed E-state index contributed by atoms with van der Waals surface area (Å²) in [5.41, 5.74) is 1.93. The van der Waals surface area contributed by atoms with Crippen LogP contribution in [0.3, 0.4) is 0 Å². The van der Waals surface area contributed by atoms with Gasteiger partial charge in [0.2, 0.25) is 16.0 Å². The lowest BCUT2D eigenvalue weighted by molar-refractivity contribution is 0.491. The molecule has 3 aromatic rings. The van der Waals surface area contributed by atoms with Crippen molar-refractivity contribution in [1.82, 2.24) is 14.7 Å². The first-order valence-electron chi connectivity index (χ1n) is 8.05. The Morgan fingerprint density at radius 3 is 2.44 bits per heavy atom. The zero-order valence-corrected chi connectivity index (χ0v) is 15.3. The minimum absolute atomic E-state index is 0.272. The SMILES string of the molecule is CC(C)(C)NS(=O)(=O)c1ccccc1CNc1nc2ccccc2[nH]1. The molecule has 25 heavy (non-hydrogen) atoms. The third-order valence-electron chi connectivity index (χ3n) is 3.54. The normalized spacial score (nSPS) is 12.4. The van der Waals surface area contributed by atoms with E-state index in [1.54, 1.807) is 18.2 Å².